The number of rotatable bonds is 7. The van der Waals surface area contributed by atoms with Crippen molar-refractivity contribution < 1.29 is 23.5 Å². The van der Waals surface area contributed by atoms with E-state index in [1.807, 2.05) is 13.0 Å². The van der Waals surface area contributed by atoms with E-state index in [4.69, 9.17) is 9.15 Å². The third kappa shape index (κ3) is 5.47. The first kappa shape index (κ1) is 19.2. The lowest BCUT2D eigenvalue weighted by Crippen LogP contribution is -2.39. The lowest BCUT2D eigenvalue weighted by molar-refractivity contribution is -0.137. The highest BCUT2D eigenvalue weighted by atomic mass is 16.5. The van der Waals surface area contributed by atoms with Crippen molar-refractivity contribution in [2.75, 3.05) is 20.2 Å². The summed E-state index contributed by atoms with van der Waals surface area (Å²) in [6.45, 7) is 3.42. The third-order valence-electron chi connectivity index (χ3n) is 3.77. The van der Waals surface area contributed by atoms with Crippen LogP contribution in [0.3, 0.4) is 0 Å². The number of aryl methyl sites for hydroxylation is 2. The van der Waals surface area contributed by atoms with E-state index >= 15 is 0 Å². The summed E-state index contributed by atoms with van der Waals surface area (Å²) < 4.78 is 10.2. The van der Waals surface area contributed by atoms with E-state index in [9.17, 15) is 14.4 Å². The van der Waals surface area contributed by atoms with E-state index in [2.05, 4.69) is 5.32 Å². The molecule has 2 rings (SSSR count). The molecule has 0 bridgehead atoms. The van der Waals surface area contributed by atoms with Crippen LogP contribution in [-0.2, 0) is 20.9 Å². The number of hydrogen-bond donors (Lipinski definition) is 1. The van der Waals surface area contributed by atoms with Gasteiger partial charge in [-0.1, -0.05) is 17.7 Å². The predicted octanol–water partition coefficient (Wildman–Crippen LogP) is 1.83. The van der Waals surface area contributed by atoms with Crippen molar-refractivity contribution in [3.63, 3.8) is 0 Å². The maximum absolute atomic E-state index is 12.1. The molecule has 7 heteroatoms. The molecule has 0 aliphatic carbocycles. The Morgan fingerprint density at radius 3 is 2.62 bits per heavy atom. The average molecular weight is 358 g/mol. The zero-order valence-corrected chi connectivity index (χ0v) is 15.1. The number of benzene rings is 1. The van der Waals surface area contributed by atoms with Crippen molar-refractivity contribution in [1.82, 2.24) is 10.2 Å². The average Bonchev–Trinajstić information content (AvgIpc) is 3.11. The molecule has 26 heavy (non-hydrogen) atoms. The van der Waals surface area contributed by atoms with E-state index in [1.165, 1.54) is 18.2 Å². The van der Waals surface area contributed by atoms with Gasteiger partial charge >= 0.3 is 5.97 Å². The summed E-state index contributed by atoms with van der Waals surface area (Å²) in [5.41, 5.74) is 2.24. The molecule has 0 atom stereocenters. The summed E-state index contributed by atoms with van der Waals surface area (Å²) in [7, 11) is 1.47. The maximum Gasteiger partial charge on any atom is 0.338 e. The molecular formula is C19H22N2O5. The van der Waals surface area contributed by atoms with Gasteiger partial charge < -0.3 is 19.4 Å². The topological polar surface area (TPSA) is 88.9 Å². The number of carbonyl (C=O) groups excluding carboxylic acids is 3. The molecule has 0 saturated carbocycles. The Morgan fingerprint density at radius 1 is 1.19 bits per heavy atom. The standard InChI is InChI=1S/C19H22N2O5/c1-13-6-7-16(14(2)9-13)19(24)26-12-18(23)21(3)11-17(22)20-10-15-5-4-8-25-15/h4-9H,10-12H2,1-3H3,(H,20,22). The highest BCUT2D eigenvalue weighted by Gasteiger charge is 2.17. The number of hydrogen-bond acceptors (Lipinski definition) is 5. The Balaban J connectivity index is 1.77. The third-order valence-corrected chi connectivity index (χ3v) is 3.77. The molecule has 0 spiro atoms. The van der Waals surface area contributed by atoms with Gasteiger partial charge in [-0.2, -0.15) is 0 Å². The molecule has 1 N–H and O–H groups in total. The minimum atomic E-state index is -0.563. The second-order valence-electron chi connectivity index (χ2n) is 6.00. The van der Waals surface area contributed by atoms with E-state index in [1.54, 1.807) is 31.2 Å². The van der Waals surface area contributed by atoms with Gasteiger partial charge in [0.2, 0.25) is 5.91 Å². The molecule has 0 unspecified atom stereocenters. The second-order valence-corrected chi connectivity index (χ2v) is 6.00. The van der Waals surface area contributed by atoms with Crippen molar-refractivity contribution in [3.05, 3.63) is 59.0 Å². The highest BCUT2D eigenvalue weighted by molar-refractivity contribution is 5.93. The summed E-state index contributed by atoms with van der Waals surface area (Å²) >= 11 is 0. The van der Waals surface area contributed by atoms with Crippen molar-refractivity contribution in [1.29, 1.82) is 0 Å². The monoisotopic (exact) mass is 358 g/mol. The van der Waals surface area contributed by atoms with Crippen LogP contribution in [0.4, 0.5) is 0 Å². The molecule has 2 aromatic rings. The Morgan fingerprint density at radius 2 is 1.96 bits per heavy atom. The first-order valence-corrected chi connectivity index (χ1v) is 8.14. The van der Waals surface area contributed by atoms with Crippen LogP contribution in [0.15, 0.2) is 41.0 Å². The first-order valence-electron chi connectivity index (χ1n) is 8.14. The van der Waals surface area contributed by atoms with Crippen molar-refractivity contribution >= 4 is 17.8 Å². The number of ether oxygens (including phenoxy) is 1. The number of nitrogens with zero attached hydrogens (tertiary/aromatic N) is 1. The quantitative estimate of drug-likeness (QED) is 0.763. The summed E-state index contributed by atoms with van der Waals surface area (Å²) in [4.78, 5) is 37.1. The fourth-order valence-electron chi connectivity index (χ4n) is 2.32. The highest BCUT2D eigenvalue weighted by Crippen LogP contribution is 2.11. The number of esters is 1. The largest absolute Gasteiger partial charge is 0.467 e. The minimum Gasteiger partial charge on any atom is -0.467 e. The molecule has 0 saturated heterocycles. The first-order chi connectivity index (χ1) is 12.4. The van der Waals surface area contributed by atoms with Gasteiger partial charge in [0, 0.05) is 7.05 Å². The molecule has 1 aromatic carbocycles. The number of amides is 2. The van der Waals surface area contributed by atoms with Crippen molar-refractivity contribution in [2.24, 2.45) is 0 Å². The van der Waals surface area contributed by atoms with Gasteiger partial charge in [0.05, 0.1) is 24.9 Å². The van der Waals surface area contributed by atoms with Gasteiger partial charge in [0.15, 0.2) is 6.61 Å². The van der Waals surface area contributed by atoms with E-state index < -0.39 is 18.5 Å². The Hall–Kier alpha value is -3.09. The zero-order valence-electron chi connectivity index (χ0n) is 15.1. The maximum atomic E-state index is 12.1. The summed E-state index contributed by atoms with van der Waals surface area (Å²) in [6, 6.07) is 8.81. The van der Waals surface area contributed by atoms with Crippen LogP contribution in [0.25, 0.3) is 0 Å². The van der Waals surface area contributed by atoms with Crippen LogP contribution in [0, 0.1) is 13.8 Å². The predicted molar refractivity (Wildman–Crippen MR) is 94.4 cm³/mol. The number of carbonyl (C=O) groups is 3. The van der Waals surface area contributed by atoms with Crippen molar-refractivity contribution in [3.8, 4) is 0 Å². The van der Waals surface area contributed by atoms with Crippen LogP contribution in [0.1, 0.15) is 27.2 Å². The van der Waals surface area contributed by atoms with E-state index in [0.29, 0.717) is 11.3 Å². The molecular weight excluding hydrogens is 336 g/mol. The van der Waals surface area contributed by atoms with Crippen molar-refractivity contribution in [2.45, 2.75) is 20.4 Å². The minimum absolute atomic E-state index is 0.138. The van der Waals surface area contributed by atoms with Crippen LogP contribution in [0.5, 0.6) is 0 Å². The normalized spacial score (nSPS) is 10.3. The molecule has 0 fully saturated rings. The number of furan rings is 1. The Kier molecular flexibility index (Phi) is 6.54. The Labute approximate surface area is 151 Å². The van der Waals surface area contributed by atoms with Gasteiger partial charge in [-0.3, -0.25) is 9.59 Å². The lowest BCUT2D eigenvalue weighted by Gasteiger charge is -2.16. The van der Waals surface area contributed by atoms with E-state index in [0.717, 1.165) is 11.1 Å². The fraction of sp³-hybridized carbons (Fsp3) is 0.316. The molecule has 7 nitrogen and oxygen atoms in total. The SMILES string of the molecule is Cc1ccc(C(=O)OCC(=O)N(C)CC(=O)NCc2ccco2)c(C)c1. The molecule has 1 heterocycles. The van der Waals surface area contributed by atoms with Crippen LogP contribution in [-0.4, -0.2) is 42.9 Å². The molecule has 138 valence electrons. The van der Waals surface area contributed by atoms with Crippen LogP contribution in [0.2, 0.25) is 0 Å². The van der Waals surface area contributed by atoms with Gasteiger partial charge in [-0.05, 0) is 37.6 Å². The molecule has 2 amide bonds. The molecule has 0 radical (unpaired) electrons. The second kappa shape index (κ2) is 8.84. The van der Waals surface area contributed by atoms with Gasteiger partial charge in [0.1, 0.15) is 5.76 Å². The van der Waals surface area contributed by atoms with Gasteiger partial charge in [-0.15, -0.1) is 0 Å². The number of nitrogens with one attached hydrogen (secondary N) is 1. The smallest absolute Gasteiger partial charge is 0.338 e. The van der Waals surface area contributed by atoms with Crippen LogP contribution >= 0.6 is 0 Å². The fourth-order valence-corrected chi connectivity index (χ4v) is 2.32. The number of likely N-dealkylation sites (N-methyl/N-ethyl adjacent to an activating group) is 1. The Bertz CT molecular complexity index is 783. The summed E-state index contributed by atoms with van der Waals surface area (Å²) in [5.74, 6) is -0.740. The molecule has 0 aliphatic heterocycles. The van der Waals surface area contributed by atoms with Gasteiger partial charge in [0.25, 0.3) is 5.91 Å². The lowest BCUT2D eigenvalue weighted by atomic mass is 10.1. The van der Waals surface area contributed by atoms with E-state index in [-0.39, 0.29) is 19.0 Å². The summed E-state index contributed by atoms with van der Waals surface area (Å²) in [5, 5.41) is 2.64. The molecule has 1 aromatic heterocycles. The van der Waals surface area contributed by atoms with Crippen LogP contribution < -0.4 is 5.32 Å². The molecule has 0 aliphatic rings. The zero-order chi connectivity index (χ0) is 19.1. The van der Waals surface area contributed by atoms with Gasteiger partial charge in [-0.25, -0.2) is 4.79 Å². The summed E-state index contributed by atoms with van der Waals surface area (Å²) in [6.07, 6.45) is 1.52.